The van der Waals surface area contributed by atoms with Gasteiger partial charge in [0.15, 0.2) is 6.10 Å². The van der Waals surface area contributed by atoms with Crippen LogP contribution in [0.5, 0.6) is 0 Å². The van der Waals surface area contributed by atoms with Gasteiger partial charge in [-0.15, -0.1) is 0 Å². The molecule has 0 aliphatic rings. The quantitative estimate of drug-likeness (QED) is 0.0200. The van der Waals surface area contributed by atoms with E-state index in [0.717, 1.165) is 64.2 Å². The first kappa shape index (κ1) is 56.9. The summed E-state index contributed by atoms with van der Waals surface area (Å²) in [5, 5.41) is 0. The van der Waals surface area contributed by atoms with Gasteiger partial charge in [-0.3, -0.25) is 14.4 Å². The third kappa shape index (κ3) is 45.9. The zero-order valence-corrected chi connectivity index (χ0v) is 39.2. The van der Waals surface area contributed by atoms with Crippen LogP contribution in [-0.2, 0) is 28.6 Å². The van der Waals surface area contributed by atoms with Gasteiger partial charge in [0.05, 0.1) is 0 Å². The highest BCUT2D eigenvalue weighted by molar-refractivity contribution is 5.71. The number of carbonyl (C=O) groups is 3. The van der Waals surface area contributed by atoms with Crippen molar-refractivity contribution in [3.05, 3.63) is 72.9 Å². The number of ether oxygens (including phenoxy) is 3. The monoisotopic (exact) mass is 837 g/mol. The largest absolute Gasteiger partial charge is 0.462 e. The Kier molecular flexibility index (Phi) is 46.0. The number of allylic oxidation sites excluding steroid dienone is 12. The zero-order valence-electron chi connectivity index (χ0n) is 39.2. The summed E-state index contributed by atoms with van der Waals surface area (Å²) in [6.45, 7) is 6.49. The predicted octanol–water partition coefficient (Wildman–Crippen LogP) is 16.3. The lowest BCUT2D eigenvalue weighted by Gasteiger charge is -2.18. The lowest BCUT2D eigenvalue weighted by molar-refractivity contribution is -0.167. The average molecular weight is 837 g/mol. The highest BCUT2D eigenvalue weighted by Crippen LogP contribution is 2.12. The summed E-state index contributed by atoms with van der Waals surface area (Å²) >= 11 is 0. The Bertz CT molecular complexity index is 1140. The molecule has 6 nitrogen and oxygen atoms in total. The van der Waals surface area contributed by atoms with E-state index in [1.807, 2.05) is 0 Å². The summed E-state index contributed by atoms with van der Waals surface area (Å²) in [5.41, 5.74) is 0. The summed E-state index contributed by atoms with van der Waals surface area (Å²) in [4.78, 5) is 37.8. The maximum absolute atomic E-state index is 12.7. The van der Waals surface area contributed by atoms with Gasteiger partial charge in [-0.2, -0.15) is 0 Å². The van der Waals surface area contributed by atoms with Crippen molar-refractivity contribution in [1.82, 2.24) is 0 Å². The Labute approximate surface area is 370 Å². The van der Waals surface area contributed by atoms with Gasteiger partial charge in [-0.25, -0.2) is 0 Å². The highest BCUT2D eigenvalue weighted by Gasteiger charge is 2.19. The predicted molar refractivity (Wildman–Crippen MR) is 256 cm³/mol. The SMILES string of the molecule is CCCCCC/C=C\CCCC(=O)OCC(COC(=O)CCC/C=C\C/C=C\C/C=C\CCCCCCCC)OC(=O)CCCCC/C=C\C=C/CCCCCCCCC. The normalized spacial score (nSPS) is 12.7. The van der Waals surface area contributed by atoms with E-state index < -0.39 is 6.10 Å². The van der Waals surface area contributed by atoms with E-state index >= 15 is 0 Å². The van der Waals surface area contributed by atoms with Crippen LogP contribution >= 0.6 is 0 Å². The summed E-state index contributed by atoms with van der Waals surface area (Å²) in [6.07, 6.45) is 60.5. The molecule has 0 rings (SSSR count). The Balaban J connectivity index is 4.49. The molecule has 0 saturated heterocycles. The Hall–Kier alpha value is -3.15. The number of hydrogen-bond acceptors (Lipinski definition) is 6. The van der Waals surface area contributed by atoms with Crippen molar-refractivity contribution in [3.8, 4) is 0 Å². The average Bonchev–Trinajstić information content (AvgIpc) is 3.24. The lowest BCUT2D eigenvalue weighted by atomic mass is 10.1. The number of rotatable bonds is 44. The van der Waals surface area contributed by atoms with Crippen LogP contribution in [-0.4, -0.2) is 37.2 Å². The second-order valence-corrected chi connectivity index (χ2v) is 16.4. The van der Waals surface area contributed by atoms with Crippen molar-refractivity contribution in [2.45, 2.75) is 239 Å². The fraction of sp³-hybridized carbons (Fsp3) is 0.722. The third-order valence-electron chi connectivity index (χ3n) is 10.4. The van der Waals surface area contributed by atoms with Crippen LogP contribution in [0.4, 0.5) is 0 Å². The van der Waals surface area contributed by atoms with Gasteiger partial charge < -0.3 is 14.2 Å². The van der Waals surface area contributed by atoms with Gasteiger partial charge in [0.25, 0.3) is 0 Å². The Morgan fingerprint density at radius 2 is 0.667 bits per heavy atom. The minimum absolute atomic E-state index is 0.117. The van der Waals surface area contributed by atoms with Gasteiger partial charge in [-0.05, 0) is 96.3 Å². The molecule has 0 heterocycles. The minimum atomic E-state index is -0.818. The molecular formula is C54H92O6. The molecule has 0 bridgehead atoms. The minimum Gasteiger partial charge on any atom is -0.462 e. The maximum atomic E-state index is 12.7. The standard InChI is InChI=1S/C54H92O6/c1-4-7-10-13-16-19-21-23-25-27-29-30-32-35-38-41-44-47-53(56)59-50-51(49-58-52(55)46-43-40-37-34-18-15-12-9-6-3)60-54(57)48-45-42-39-36-33-31-28-26-24-22-20-17-14-11-8-5-2/h23,25-26,28-31,33-35,37-38,51H,4-22,24,27,32,36,39-50H2,1-3H3/b25-23-,28-26-,30-29-,33-31-,37-34-,38-35-. The molecule has 0 amide bonds. The summed E-state index contributed by atoms with van der Waals surface area (Å²) in [6, 6.07) is 0. The molecule has 1 atom stereocenters. The molecule has 344 valence electrons. The van der Waals surface area contributed by atoms with E-state index in [2.05, 4.69) is 93.7 Å². The summed E-state index contributed by atoms with van der Waals surface area (Å²) in [5.74, 6) is -1.03. The molecular weight excluding hydrogens is 745 g/mol. The van der Waals surface area contributed by atoms with Gasteiger partial charge in [-0.1, -0.05) is 190 Å². The van der Waals surface area contributed by atoms with Crippen molar-refractivity contribution in [2.75, 3.05) is 13.2 Å². The van der Waals surface area contributed by atoms with Gasteiger partial charge >= 0.3 is 17.9 Å². The molecule has 6 heteroatoms. The molecule has 0 spiro atoms. The van der Waals surface area contributed by atoms with Gasteiger partial charge in [0, 0.05) is 19.3 Å². The molecule has 60 heavy (non-hydrogen) atoms. The Morgan fingerprint density at radius 1 is 0.350 bits per heavy atom. The van der Waals surface area contributed by atoms with Crippen molar-refractivity contribution in [1.29, 1.82) is 0 Å². The van der Waals surface area contributed by atoms with E-state index in [-0.39, 0.29) is 44.0 Å². The van der Waals surface area contributed by atoms with Crippen LogP contribution in [0.1, 0.15) is 233 Å². The van der Waals surface area contributed by atoms with Crippen molar-refractivity contribution >= 4 is 17.9 Å². The van der Waals surface area contributed by atoms with Crippen LogP contribution in [0.2, 0.25) is 0 Å². The Morgan fingerprint density at radius 3 is 1.12 bits per heavy atom. The fourth-order valence-electron chi connectivity index (χ4n) is 6.63. The third-order valence-corrected chi connectivity index (χ3v) is 10.4. The van der Waals surface area contributed by atoms with Crippen molar-refractivity contribution in [3.63, 3.8) is 0 Å². The van der Waals surface area contributed by atoms with Gasteiger partial charge in [0.2, 0.25) is 0 Å². The maximum Gasteiger partial charge on any atom is 0.306 e. The van der Waals surface area contributed by atoms with Crippen LogP contribution < -0.4 is 0 Å². The van der Waals surface area contributed by atoms with Crippen LogP contribution in [0.3, 0.4) is 0 Å². The number of carbonyl (C=O) groups excluding carboxylic acids is 3. The second-order valence-electron chi connectivity index (χ2n) is 16.4. The molecule has 0 aromatic rings. The first-order chi connectivity index (χ1) is 29.5. The van der Waals surface area contributed by atoms with Gasteiger partial charge in [0.1, 0.15) is 13.2 Å². The van der Waals surface area contributed by atoms with Crippen molar-refractivity contribution in [2.24, 2.45) is 0 Å². The molecule has 0 radical (unpaired) electrons. The zero-order chi connectivity index (χ0) is 43.7. The lowest BCUT2D eigenvalue weighted by Crippen LogP contribution is -2.30. The molecule has 0 aromatic carbocycles. The number of unbranched alkanes of at least 4 members (excludes halogenated alkanes) is 22. The summed E-state index contributed by atoms with van der Waals surface area (Å²) in [7, 11) is 0. The van der Waals surface area contributed by atoms with E-state index in [1.165, 1.54) is 116 Å². The molecule has 0 aromatic heterocycles. The molecule has 1 unspecified atom stereocenters. The smallest absolute Gasteiger partial charge is 0.306 e. The van der Waals surface area contributed by atoms with E-state index in [1.54, 1.807) is 0 Å². The topological polar surface area (TPSA) is 78.9 Å². The van der Waals surface area contributed by atoms with E-state index in [4.69, 9.17) is 14.2 Å². The first-order valence-electron chi connectivity index (χ1n) is 25.0. The molecule has 0 aliphatic carbocycles. The molecule has 0 saturated carbocycles. The number of hydrogen-bond donors (Lipinski definition) is 0. The van der Waals surface area contributed by atoms with E-state index in [9.17, 15) is 14.4 Å². The number of esters is 3. The molecule has 0 N–H and O–H groups in total. The van der Waals surface area contributed by atoms with Crippen molar-refractivity contribution < 1.29 is 28.6 Å². The molecule has 0 aliphatic heterocycles. The first-order valence-corrected chi connectivity index (χ1v) is 25.0. The fourth-order valence-corrected chi connectivity index (χ4v) is 6.63. The second kappa shape index (κ2) is 48.5. The van der Waals surface area contributed by atoms with Crippen LogP contribution in [0.25, 0.3) is 0 Å². The summed E-state index contributed by atoms with van der Waals surface area (Å²) < 4.78 is 16.6. The molecule has 0 fully saturated rings. The van der Waals surface area contributed by atoms with E-state index in [0.29, 0.717) is 19.3 Å². The highest BCUT2D eigenvalue weighted by atomic mass is 16.6. The van der Waals surface area contributed by atoms with Crippen LogP contribution in [0.15, 0.2) is 72.9 Å². The van der Waals surface area contributed by atoms with Crippen LogP contribution in [0, 0.1) is 0 Å².